The van der Waals surface area contributed by atoms with Gasteiger partial charge in [-0.3, -0.25) is 0 Å². The Morgan fingerprint density at radius 2 is 2.25 bits per heavy atom. The predicted octanol–water partition coefficient (Wildman–Crippen LogP) is -0.324. The van der Waals surface area contributed by atoms with Crippen molar-refractivity contribution in [2.24, 2.45) is 0 Å². The maximum Gasteiger partial charge on any atom is 1.00 e. The predicted molar refractivity (Wildman–Crippen MR) is 63.5 cm³/mol. The molecule has 2 nitrogen and oxygen atoms in total. The Kier molecular flexibility index (Phi) is 5.67. The van der Waals surface area contributed by atoms with Crippen molar-refractivity contribution in [1.82, 2.24) is 0 Å². The largest absolute Gasteiger partial charge is 1.00 e. The van der Waals surface area contributed by atoms with Crippen LogP contribution in [0.3, 0.4) is 0 Å². The molecule has 0 fully saturated rings. The van der Waals surface area contributed by atoms with Gasteiger partial charge in [0.2, 0.25) is 0 Å². The number of fused-ring (bicyclic) bond motifs is 1. The molecule has 0 atom stereocenters. The fraction of sp³-hybridized carbons (Fsp3) is 0.462. The van der Waals surface area contributed by atoms with Gasteiger partial charge in [-0.05, 0) is 31.0 Å². The number of aryl methyl sites for hydroxylation is 1. The molecule has 0 amide bonds. The third kappa shape index (κ3) is 2.93. The van der Waals surface area contributed by atoms with Crippen LogP contribution in [0.2, 0.25) is 0 Å². The molecule has 0 saturated carbocycles. The van der Waals surface area contributed by atoms with Crippen molar-refractivity contribution in [3.8, 4) is 5.75 Å². The molecule has 1 aromatic rings. The van der Waals surface area contributed by atoms with Crippen LogP contribution < -0.4 is 39.2 Å². The molecule has 0 saturated heterocycles. The van der Waals surface area contributed by atoms with E-state index < -0.39 is 0 Å². The van der Waals surface area contributed by atoms with Crippen molar-refractivity contribution < 1.29 is 34.3 Å². The Morgan fingerprint density at radius 3 is 2.94 bits per heavy atom. The van der Waals surface area contributed by atoms with Gasteiger partial charge in [-0.15, -0.1) is 0 Å². The Bertz CT molecular complexity index is 341. The van der Waals surface area contributed by atoms with Gasteiger partial charge in [0.1, 0.15) is 5.75 Å². The summed E-state index contributed by atoms with van der Waals surface area (Å²) in [4.78, 5) is 2.41. The Morgan fingerprint density at radius 1 is 1.44 bits per heavy atom. The maximum atomic E-state index is 5.26. The summed E-state index contributed by atoms with van der Waals surface area (Å²) in [6.07, 6.45) is 3.39. The van der Waals surface area contributed by atoms with Crippen LogP contribution in [-0.2, 0) is 6.42 Å². The summed E-state index contributed by atoms with van der Waals surface area (Å²) >= 11 is 0. The summed E-state index contributed by atoms with van der Waals surface area (Å²) in [7, 11) is 1.72. The Labute approximate surface area is 120 Å². The average molecular weight is 227 g/mol. The first-order valence-corrected chi connectivity index (χ1v) is 5.56. The minimum atomic E-state index is 0. The molecule has 3 heteroatoms. The number of rotatable bonds is 3. The van der Waals surface area contributed by atoms with Gasteiger partial charge >= 0.3 is 29.6 Å². The summed E-state index contributed by atoms with van der Waals surface area (Å²) in [5, 5.41) is 0. The topological polar surface area (TPSA) is 12.5 Å². The van der Waals surface area contributed by atoms with Crippen LogP contribution in [-0.4, -0.2) is 20.2 Å². The van der Waals surface area contributed by atoms with Crippen LogP contribution in [0.25, 0.3) is 0 Å². The quantitative estimate of drug-likeness (QED) is 0.518. The molecule has 2 rings (SSSR count). The molecule has 82 valence electrons. The number of ether oxygens (including phenoxy) is 1. The van der Waals surface area contributed by atoms with E-state index in [1.54, 1.807) is 7.11 Å². The fourth-order valence-electron chi connectivity index (χ4n) is 2.18. The zero-order valence-corrected chi connectivity index (χ0v) is 12.3. The second kappa shape index (κ2) is 6.53. The van der Waals surface area contributed by atoms with Crippen LogP contribution in [0.1, 0.15) is 18.4 Å². The number of hydrogen-bond acceptors (Lipinski definition) is 2. The van der Waals surface area contributed by atoms with E-state index in [1.807, 2.05) is 6.07 Å². The number of anilines is 1. The van der Waals surface area contributed by atoms with E-state index in [0.29, 0.717) is 0 Å². The number of methoxy groups -OCH3 is 1. The average Bonchev–Trinajstić information content (AvgIpc) is 2.29. The summed E-state index contributed by atoms with van der Waals surface area (Å²) in [5.74, 6) is 0.949. The molecule has 0 N–H and O–H groups in total. The number of benzene rings is 1. The SMILES string of the molecule is [CH2-]CCN1CCCc2ccc(OC)cc21.[Na+]. The molecule has 1 aliphatic rings. The minimum Gasteiger partial charge on any atom is -0.497 e. The second-order valence-electron chi connectivity index (χ2n) is 3.94. The van der Waals surface area contributed by atoms with Crippen LogP contribution >= 0.6 is 0 Å². The van der Waals surface area contributed by atoms with Crippen molar-refractivity contribution >= 4 is 5.69 Å². The molecule has 1 aliphatic heterocycles. The van der Waals surface area contributed by atoms with Gasteiger partial charge in [0.25, 0.3) is 0 Å². The first kappa shape index (κ1) is 13.9. The normalized spacial score (nSPS) is 14.0. The maximum absolute atomic E-state index is 5.26. The molecular formula is C13H18NNaO. The van der Waals surface area contributed by atoms with Gasteiger partial charge in [-0.1, -0.05) is 6.07 Å². The Hall–Kier alpha value is -0.180. The summed E-state index contributed by atoms with van der Waals surface area (Å²) in [5.41, 5.74) is 2.78. The number of hydrogen-bond donors (Lipinski definition) is 0. The smallest absolute Gasteiger partial charge is 0.497 e. The molecule has 0 bridgehead atoms. The summed E-state index contributed by atoms with van der Waals surface area (Å²) < 4.78 is 5.26. The van der Waals surface area contributed by atoms with E-state index in [4.69, 9.17) is 4.74 Å². The molecule has 0 unspecified atom stereocenters. The molecule has 1 heterocycles. The van der Waals surface area contributed by atoms with Gasteiger partial charge in [-0.2, -0.15) is 6.42 Å². The monoisotopic (exact) mass is 227 g/mol. The van der Waals surface area contributed by atoms with Crippen LogP contribution in [0.5, 0.6) is 5.75 Å². The zero-order chi connectivity index (χ0) is 10.7. The third-order valence-electron chi connectivity index (χ3n) is 2.94. The third-order valence-corrected chi connectivity index (χ3v) is 2.94. The van der Waals surface area contributed by atoms with Crippen molar-refractivity contribution in [3.05, 3.63) is 30.7 Å². The molecule has 16 heavy (non-hydrogen) atoms. The molecule has 0 radical (unpaired) electrons. The van der Waals surface area contributed by atoms with Gasteiger partial charge in [0.15, 0.2) is 0 Å². The van der Waals surface area contributed by atoms with Crippen molar-refractivity contribution in [2.45, 2.75) is 19.3 Å². The molecule has 1 aromatic carbocycles. The van der Waals surface area contributed by atoms with E-state index in [-0.39, 0.29) is 29.6 Å². The van der Waals surface area contributed by atoms with E-state index in [9.17, 15) is 0 Å². The zero-order valence-electron chi connectivity index (χ0n) is 10.3. The van der Waals surface area contributed by atoms with E-state index >= 15 is 0 Å². The van der Waals surface area contributed by atoms with Gasteiger partial charge in [0, 0.05) is 18.3 Å². The summed E-state index contributed by atoms with van der Waals surface area (Å²) in [6.45, 7) is 6.11. The first-order chi connectivity index (χ1) is 7.35. The molecule has 0 spiro atoms. The van der Waals surface area contributed by atoms with Crippen LogP contribution in [0.15, 0.2) is 18.2 Å². The van der Waals surface area contributed by atoms with Crippen molar-refractivity contribution in [2.75, 3.05) is 25.1 Å². The van der Waals surface area contributed by atoms with Crippen LogP contribution in [0, 0.1) is 6.92 Å². The minimum absolute atomic E-state index is 0. The molecule has 0 aliphatic carbocycles. The number of nitrogens with zero attached hydrogens (tertiary/aromatic N) is 1. The van der Waals surface area contributed by atoms with Gasteiger partial charge in [-0.25, -0.2) is 0 Å². The second-order valence-corrected chi connectivity index (χ2v) is 3.94. The van der Waals surface area contributed by atoms with Crippen molar-refractivity contribution in [3.63, 3.8) is 0 Å². The van der Waals surface area contributed by atoms with Gasteiger partial charge < -0.3 is 16.6 Å². The first-order valence-electron chi connectivity index (χ1n) is 5.56. The summed E-state index contributed by atoms with van der Waals surface area (Å²) in [6, 6.07) is 6.38. The standard InChI is InChI=1S/C13H18NO.Na/c1-3-8-14-9-4-5-11-6-7-12(15-2)10-13(11)14;/h6-7,10H,1,3-5,8-9H2,2H3;/q-1;+1. The van der Waals surface area contributed by atoms with E-state index in [1.165, 1.54) is 24.1 Å². The van der Waals surface area contributed by atoms with E-state index in [2.05, 4.69) is 24.0 Å². The van der Waals surface area contributed by atoms with Crippen molar-refractivity contribution in [1.29, 1.82) is 0 Å². The van der Waals surface area contributed by atoms with E-state index in [0.717, 1.165) is 25.3 Å². The molecule has 0 aromatic heterocycles. The van der Waals surface area contributed by atoms with Crippen LogP contribution in [0.4, 0.5) is 5.69 Å². The molecular weight excluding hydrogens is 209 g/mol. The fourth-order valence-corrected chi connectivity index (χ4v) is 2.18. The van der Waals surface area contributed by atoms with Gasteiger partial charge in [0.05, 0.1) is 7.11 Å². The Balaban J connectivity index is 0.00000128.